The molecule has 0 saturated heterocycles. The van der Waals surface area contributed by atoms with Gasteiger partial charge in [-0.1, -0.05) is 5.92 Å². The number of rotatable bonds is 37. The van der Waals surface area contributed by atoms with Crippen LogP contribution in [0.2, 0.25) is 0 Å². The number of guanidine groups is 2. The van der Waals surface area contributed by atoms with Crippen LogP contribution in [-0.2, 0) is 71.5 Å². The normalized spacial score (nSPS) is 20.4. The van der Waals surface area contributed by atoms with E-state index in [1.165, 1.54) is 4.90 Å². The predicted molar refractivity (Wildman–Crippen MR) is 259 cm³/mol. The molecule has 2 aliphatic heterocycles. The lowest BCUT2D eigenvalue weighted by Crippen LogP contribution is -2.64. The molecule has 32 nitrogen and oxygen atoms in total. The van der Waals surface area contributed by atoms with E-state index in [9.17, 15) is 64.2 Å². The van der Waals surface area contributed by atoms with Gasteiger partial charge in [-0.3, -0.25) is 34.8 Å². The summed E-state index contributed by atoms with van der Waals surface area (Å²) in [7, 11) is 0. The number of ether oxygens (including phenoxy) is 8. The van der Waals surface area contributed by atoms with Crippen molar-refractivity contribution in [2.24, 2.45) is 11.5 Å². The minimum Gasteiger partial charge on any atom is -0.478 e. The molecule has 0 radical (unpaired) electrons. The maximum atomic E-state index is 13.2. The van der Waals surface area contributed by atoms with Crippen molar-refractivity contribution in [3.8, 4) is 12.3 Å². The topological polar surface area (TPSA) is 490 Å². The lowest BCUT2D eigenvalue weighted by atomic mass is 9.91. The van der Waals surface area contributed by atoms with Crippen LogP contribution >= 0.6 is 0 Å². The first-order valence-electron chi connectivity index (χ1n) is 23.5. The zero-order valence-electron chi connectivity index (χ0n) is 41.9. The number of aliphatic carboxylic acids is 2. The summed E-state index contributed by atoms with van der Waals surface area (Å²) in [6.45, 7) is -0.650. The fraction of sp³-hybridized carbons (Fsp3) is 0.659. The summed E-state index contributed by atoms with van der Waals surface area (Å²) in [4.78, 5) is 88.2. The van der Waals surface area contributed by atoms with Gasteiger partial charge in [0, 0.05) is 40.0 Å². The number of hydrogen-bond acceptors (Lipinski definition) is 21. The van der Waals surface area contributed by atoms with Crippen molar-refractivity contribution in [2.75, 3.05) is 105 Å². The molecule has 5 amide bonds. The molecule has 428 valence electrons. The van der Waals surface area contributed by atoms with Crippen molar-refractivity contribution >= 4 is 53.4 Å². The molecule has 0 aromatic heterocycles. The summed E-state index contributed by atoms with van der Waals surface area (Å²) < 4.78 is 44.2. The molecule has 10 atom stereocenters. The first-order valence-corrected chi connectivity index (χ1v) is 23.5. The van der Waals surface area contributed by atoms with Crippen LogP contribution in [0.15, 0.2) is 23.7 Å². The zero-order valence-corrected chi connectivity index (χ0v) is 41.9. The molecular weight excluding hydrogens is 1020 g/mol. The summed E-state index contributed by atoms with van der Waals surface area (Å²) in [6.07, 6.45) is -2.53. The SMILES string of the molecule is C#CCOCCOCCC(=O)N(CCOCCNC(=O)CO[C@@H]([C@@H]1OC(C(=O)O)=C[C@H](NC(=N)N)[C@H]1NC(C)=O)[C@H](O)CO)CCOCCNC(=O)CO[C@@H]([C@@H]1OC(C(=O)O)=C[C@H](NC(=N)N)[C@H]1NC(C)=O)[C@H](O)CO. The van der Waals surface area contributed by atoms with Gasteiger partial charge < -0.3 is 117 Å². The van der Waals surface area contributed by atoms with Crippen molar-refractivity contribution in [1.29, 1.82) is 10.8 Å². The fourth-order valence-electron chi connectivity index (χ4n) is 7.29. The number of carbonyl (C=O) groups excluding carboxylic acids is 5. The molecule has 0 bridgehead atoms. The number of terminal acetylenes is 1. The van der Waals surface area contributed by atoms with Crippen LogP contribution < -0.4 is 43.4 Å². The molecule has 0 aromatic carbocycles. The number of hydrogen-bond donors (Lipinski definition) is 16. The number of amides is 5. The van der Waals surface area contributed by atoms with Gasteiger partial charge >= 0.3 is 11.9 Å². The number of aliphatic hydroxyl groups excluding tert-OH is 4. The quantitative estimate of drug-likeness (QED) is 0.0119. The third-order valence-corrected chi connectivity index (χ3v) is 10.6. The van der Waals surface area contributed by atoms with E-state index in [0.29, 0.717) is 0 Å². The minimum absolute atomic E-state index is 0.0105. The maximum absolute atomic E-state index is 13.2. The summed E-state index contributed by atoms with van der Waals surface area (Å²) in [5.74, 6) is -6.28. The molecule has 2 aliphatic rings. The monoisotopic (exact) mass is 1090 g/mol. The number of nitrogens with zero attached hydrogens (tertiary/aromatic N) is 1. The van der Waals surface area contributed by atoms with Crippen LogP contribution in [-0.4, -0.2) is 255 Å². The third kappa shape index (κ3) is 24.2. The molecule has 32 heteroatoms. The first-order chi connectivity index (χ1) is 36.1. The van der Waals surface area contributed by atoms with E-state index in [-0.39, 0.29) is 91.4 Å². The molecule has 0 saturated carbocycles. The molecule has 2 heterocycles. The third-order valence-electron chi connectivity index (χ3n) is 10.6. The van der Waals surface area contributed by atoms with E-state index in [2.05, 4.69) is 37.8 Å². The number of nitrogens with two attached hydrogens (primary N) is 2. The Morgan fingerprint density at radius 2 is 1.08 bits per heavy atom. The van der Waals surface area contributed by atoms with E-state index in [4.69, 9.17) is 66.6 Å². The number of carbonyl (C=O) groups is 7. The smallest absolute Gasteiger partial charge is 0.370 e. The fourth-order valence-corrected chi connectivity index (χ4v) is 7.29. The molecular formula is C44H71N11O21. The van der Waals surface area contributed by atoms with E-state index >= 15 is 0 Å². The number of carboxylic acid groups (broad SMARTS) is 2. The molecule has 0 unspecified atom stereocenters. The van der Waals surface area contributed by atoms with Crippen molar-refractivity contribution < 1.29 is 102 Å². The van der Waals surface area contributed by atoms with Crippen molar-refractivity contribution in [2.45, 2.75) is 81.1 Å². The Kier molecular flexibility index (Phi) is 30.3. The van der Waals surface area contributed by atoms with Gasteiger partial charge in [0.25, 0.3) is 0 Å². The van der Waals surface area contributed by atoms with Gasteiger partial charge in [-0.2, -0.15) is 0 Å². The largest absolute Gasteiger partial charge is 0.478 e. The van der Waals surface area contributed by atoms with Gasteiger partial charge in [0.1, 0.15) is 44.2 Å². The Balaban J connectivity index is 1.96. The zero-order chi connectivity index (χ0) is 56.7. The molecule has 0 fully saturated rings. The molecule has 2 rings (SSSR count). The summed E-state index contributed by atoms with van der Waals surface area (Å²) in [5, 5.41) is 90.5. The van der Waals surface area contributed by atoms with Crippen molar-refractivity contribution in [3.63, 3.8) is 0 Å². The highest BCUT2D eigenvalue weighted by atomic mass is 16.6. The Morgan fingerprint density at radius 1 is 0.671 bits per heavy atom. The molecule has 76 heavy (non-hydrogen) atoms. The molecule has 18 N–H and O–H groups in total. The standard InChI is InChI=1S/C44H71N11O21/c1-4-10-69-16-17-70-11-5-34(64)55(8-14-71-12-6-49-32(62)22-73-37(28(60)20-56)39-35(51-24(2)58)26(53-43(45)46)18-30(75-39)41(65)66)9-15-72-13-7-50-33(63)23-74-38(29(61)21-57)40-36(52-25(3)59)27(54-44(47)48)19-31(76-40)42(67)68/h1,18-19,26-29,35-40,56-57,60-61H,5-17,20-23H2,2-3H3,(H,49,62)(H,50,63)(H,51,58)(H,52,59)(H,65,66)(H,67,68)(H4,45,46,53)(H4,47,48,54)/t26-,27-,28+,29+,35+,36+,37+,38+,39+,40+/m0/s1. The average molecular weight is 1090 g/mol. The van der Waals surface area contributed by atoms with E-state index in [0.717, 1.165) is 26.0 Å². The van der Waals surface area contributed by atoms with Crippen LogP contribution in [0.3, 0.4) is 0 Å². The van der Waals surface area contributed by atoms with Gasteiger partial charge in [-0.05, 0) is 12.2 Å². The second-order valence-corrected chi connectivity index (χ2v) is 16.4. The summed E-state index contributed by atoms with van der Waals surface area (Å²) in [6, 6.07) is -4.73. The lowest BCUT2D eigenvalue weighted by molar-refractivity contribution is -0.159. The second kappa shape index (κ2) is 35.4. The molecule has 0 spiro atoms. The number of carboxylic acids is 2. The Bertz CT molecular complexity index is 1920. The Morgan fingerprint density at radius 3 is 1.45 bits per heavy atom. The van der Waals surface area contributed by atoms with E-state index in [1.54, 1.807) is 0 Å². The summed E-state index contributed by atoms with van der Waals surface area (Å²) in [5.41, 5.74) is 10.9. The highest BCUT2D eigenvalue weighted by molar-refractivity contribution is 5.86. The molecule has 0 aliphatic carbocycles. The van der Waals surface area contributed by atoms with Crippen LogP contribution in [0.5, 0.6) is 0 Å². The lowest BCUT2D eigenvalue weighted by Gasteiger charge is -2.41. The number of aliphatic hydroxyl groups is 4. The molecule has 0 aromatic rings. The Labute approximate surface area is 436 Å². The van der Waals surface area contributed by atoms with Gasteiger partial charge in [-0.25, -0.2) is 9.59 Å². The maximum Gasteiger partial charge on any atom is 0.370 e. The van der Waals surface area contributed by atoms with Gasteiger partial charge in [0.2, 0.25) is 41.1 Å². The number of nitrogens with one attached hydrogen (secondary N) is 8. The van der Waals surface area contributed by atoms with Gasteiger partial charge in [-0.15, -0.1) is 6.42 Å². The summed E-state index contributed by atoms with van der Waals surface area (Å²) >= 11 is 0. The highest BCUT2D eigenvalue weighted by Crippen LogP contribution is 2.26. The van der Waals surface area contributed by atoms with Crippen molar-refractivity contribution in [3.05, 3.63) is 23.7 Å². The first kappa shape index (κ1) is 65.2. The van der Waals surface area contributed by atoms with Crippen LogP contribution in [0.25, 0.3) is 0 Å². The van der Waals surface area contributed by atoms with Gasteiger partial charge in [0.15, 0.2) is 24.1 Å². The minimum atomic E-state index is -1.75. The predicted octanol–water partition coefficient (Wildman–Crippen LogP) is -7.94. The van der Waals surface area contributed by atoms with Crippen LogP contribution in [0.4, 0.5) is 0 Å². The van der Waals surface area contributed by atoms with E-state index in [1.807, 2.05) is 0 Å². The van der Waals surface area contributed by atoms with Crippen LogP contribution in [0, 0.1) is 23.2 Å². The van der Waals surface area contributed by atoms with Gasteiger partial charge in [0.05, 0.1) is 90.1 Å². The second-order valence-electron chi connectivity index (χ2n) is 16.4. The average Bonchev–Trinajstić information content (AvgIpc) is 3.35. The van der Waals surface area contributed by atoms with Crippen molar-refractivity contribution in [1.82, 2.24) is 36.8 Å². The van der Waals surface area contributed by atoms with Crippen LogP contribution in [0.1, 0.15) is 20.3 Å². The Hall–Kier alpha value is -6.93. The van der Waals surface area contributed by atoms with E-state index < -0.39 is 146 Å². The highest BCUT2D eigenvalue weighted by Gasteiger charge is 2.47.